The van der Waals surface area contributed by atoms with E-state index in [1.54, 1.807) is 44.2 Å². The lowest BCUT2D eigenvalue weighted by Gasteiger charge is -2.23. The number of hydrogen-bond acceptors (Lipinski definition) is 6. The number of carbonyl (C=O) groups is 3. The van der Waals surface area contributed by atoms with Crippen LogP contribution in [0.1, 0.15) is 25.5 Å². The lowest BCUT2D eigenvalue weighted by molar-refractivity contribution is -0.143. The first-order chi connectivity index (χ1) is 11.6. The van der Waals surface area contributed by atoms with E-state index in [1.165, 1.54) is 0 Å². The molecular formula is C16H21N3O5S. The molecule has 0 saturated carbocycles. The number of hydrogen-bond donors (Lipinski definition) is 5. The first-order valence-corrected chi connectivity index (χ1v) is 8.52. The zero-order valence-electron chi connectivity index (χ0n) is 13.8. The Hall–Kier alpha value is -2.10. The molecule has 0 bridgehead atoms. The summed E-state index contributed by atoms with van der Waals surface area (Å²) in [5, 5.41) is 23.1. The van der Waals surface area contributed by atoms with Gasteiger partial charge in [-0.1, -0.05) is 30.3 Å². The summed E-state index contributed by atoms with van der Waals surface area (Å²) in [6, 6.07) is 5.33. The predicted octanol–water partition coefficient (Wildman–Crippen LogP) is 0.150. The van der Waals surface area contributed by atoms with Gasteiger partial charge in [0, 0.05) is 4.75 Å². The summed E-state index contributed by atoms with van der Waals surface area (Å²) in [5.74, 6) is -2.98. The van der Waals surface area contributed by atoms with Crippen molar-refractivity contribution < 1.29 is 24.6 Å². The second kappa shape index (κ2) is 7.42. The van der Waals surface area contributed by atoms with Crippen molar-refractivity contribution in [2.75, 3.05) is 0 Å². The molecule has 4 atom stereocenters. The van der Waals surface area contributed by atoms with Gasteiger partial charge in [-0.2, -0.15) is 0 Å². The quantitative estimate of drug-likeness (QED) is 0.478. The van der Waals surface area contributed by atoms with E-state index in [-0.39, 0.29) is 0 Å². The first kappa shape index (κ1) is 19.2. The second-order valence-electron chi connectivity index (χ2n) is 6.29. The summed E-state index contributed by atoms with van der Waals surface area (Å²) in [5.41, 5.74) is 6.44. The Kier molecular flexibility index (Phi) is 5.71. The van der Waals surface area contributed by atoms with Gasteiger partial charge in [0.25, 0.3) is 0 Å². The number of rotatable bonds is 6. The van der Waals surface area contributed by atoms with E-state index in [2.05, 4.69) is 10.6 Å². The lowest BCUT2D eigenvalue weighted by atomic mass is 10.0. The highest BCUT2D eigenvalue weighted by molar-refractivity contribution is 8.01. The minimum atomic E-state index is -1.31. The molecule has 1 aliphatic heterocycles. The molecule has 6 N–H and O–H groups in total. The van der Waals surface area contributed by atoms with Crippen LogP contribution in [0.25, 0.3) is 0 Å². The van der Waals surface area contributed by atoms with Crippen molar-refractivity contribution in [3.63, 3.8) is 0 Å². The molecule has 1 aromatic rings. The van der Waals surface area contributed by atoms with E-state index in [9.17, 15) is 24.6 Å². The number of carbonyl (C=O) groups excluding carboxylic acids is 1. The van der Waals surface area contributed by atoms with E-state index >= 15 is 0 Å². The largest absolute Gasteiger partial charge is 0.480 e. The van der Waals surface area contributed by atoms with E-state index in [0.29, 0.717) is 5.56 Å². The van der Waals surface area contributed by atoms with Crippen LogP contribution in [0.2, 0.25) is 0 Å². The van der Waals surface area contributed by atoms with Crippen LogP contribution >= 0.6 is 11.8 Å². The average Bonchev–Trinajstić information content (AvgIpc) is 2.87. The summed E-state index contributed by atoms with van der Waals surface area (Å²) >= 11 is 1.16. The topological polar surface area (TPSA) is 142 Å². The zero-order chi connectivity index (χ0) is 18.8. The van der Waals surface area contributed by atoms with E-state index in [0.717, 1.165) is 11.8 Å². The molecule has 0 aliphatic carbocycles. The Balaban J connectivity index is 2.13. The smallest absolute Gasteiger partial charge is 0.328 e. The molecule has 0 spiro atoms. The molecule has 1 heterocycles. The van der Waals surface area contributed by atoms with Crippen molar-refractivity contribution in [2.24, 2.45) is 5.73 Å². The Morgan fingerprint density at radius 1 is 1.24 bits per heavy atom. The van der Waals surface area contributed by atoms with Crippen LogP contribution in [0.4, 0.5) is 0 Å². The van der Waals surface area contributed by atoms with Gasteiger partial charge in [0.2, 0.25) is 5.91 Å². The van der Waals surface area contributed by atoms with Crippen molar-refractivity contribution in [1.29, 1.82) is 0 Å². The molecule has 2 rings (SSSR count). The van der Waals surface area contributed by atoms with E-state index < -0.39 is 46.1 Å². The van der Waals surface area contributed by atoms with Gasteiger partial charge < -0.3 is 21.3 Å². The van der Waals surface area contributed by atoms with Gasteiger partial charge in [0.05, 0.1) is 5.37 Å². The molecular weight excluding hydrogens is 346 g/mol. The van der Waals surface area contributed by atoms with Crippen molar-refractivity contribution in [3.8, 4) is 0 Å². The molecule has 2 unspecified atom stereocenters. The van der Waals surface area contributed by atoms with Crippen LogP contribution in [-0.4, -0.2) is 50.3 Å². The van der Waals surface area contributed by atoms with E-state index in [1.807, 2.05) is 0 Å². The number of carboxylic acids is 2. The van der Waals surface area contributed by atoms with Gasteiger partial charge in [-0.05, 0) is 19.4 Å². The van der Waals surface area contributed by atoms with Crippen molar-refractivity contribution in [1.82, 2.24) is 10.6 Å². The van der Waals surface area contributed by atoms with Crippen molar-refractivity contribution in [2.45, 2.75) is 42.1 Å². The maximum atomic E-state index is 12.3. The Labute approximate surface area is 149 Å². The minimum Gasteiger partial charge on any atom is -0.480 e. The fourth-order valence-corrected chi connectivity index (χ4v) is 4.13. The molecule has 9 heteroatoms. The standard InChI is InChI=1S/C16H21N3O5S/c1-16(2)11(15(23)24)19-13(25-16)10(14(21)22)18-12(20)9(17)8-6-4-3-5-7-8/h3-7,9-11,13,19H,17H2,1-2H3,(H,18,20)(H,21,22)(H,23,24)/t9-,10?,11-,13?/m0/s1. The van der Waals surface area contributed by atoms with Crippen LogP contribution in [-0.2, 0) is 14.4 Å². The molecule has 1 aromatic carbocycles. The average molecular weight is 367 g/mol. The third-order valence-electron chi connectivity index (χ3n) is 4.01. The SMILES string of the molecule is CC1(C)SC(C(NC(=O)[C@@H](N)c2ccccc2)C(=O)O)N[C@H]1C(=O)O. The lowest BCUT2D eigenvalue weighted by Crippen LogP contribution is -2.55. The molecule has 1 saturated heterocycles. The molecule has 0 aromatic heterocycles. The molecule has 8 nitrogen and oxygen atoms in total. The fourth-order valence-electron chi connectivity index (χ4n) is 2.65. The van der Waals surface area contributed by atoms with Crippen LogP contribution in [0.15, 0.2) is 30.3 Å². The summed E-state index contributed by atoms with van der Waals surface area (Å²) in [4.78, 5) is 35.3. The summed E-state index contributed by atoms with van der Waals surface area (Å²) in [7, 11) is 0. The monoisotopic (exact) mass is 367 g/mol. The summed E-state index contributed by atoms with van der Waals surface area (Å²) in [6.07, 6.45) is 0. The maximum Gasteiger partial charge on any atom is 0.328 e. The number of aliphatic carboxylic acids is 2. The molecule has 0 radical (unpaired) electrons. The zero-order valence-corrected chi connectivity index (χ0v) is 14.6. The Morgan fingerprint density at radius 2 is 1.84 bits per heavy atom. The molecule has 25 heavy (non-hydrogen) atoms. The molecule has 1 fully saturated rings. The number of benzene rings is 1. The normalized spacial score (nSPS) is 24.3. The third-order valence-corrected chi connectivity index (χ3v) is 5.52. The number of nitrogens with one attached hydrogen (secondary N) is 2. The van der Waals surface area contributed by atoms with Gasteiger partial charge >= 0.3 is 11.9 Å². The first-order valence-electron chi connectivity index (χ1n) is 7.64. The fraction of sp³-hybridized carbons (Fsp3) is 0.438. The van der Waals surface area contributed by atoms with Crippen molar-refractivity contribution in [3.05, 3.63) is 35.9 Å². The van der Waals surface area contributed by atoms with Gasteiger partial charge in [-0.15, -0.1) is 11.8 Å². The predicted molar refractivity (Wildman–Crippen MR) is 93.0 cm³/mol. The van der Waals surface area contributed by atoms with Gasteiger partial charge in [-0.3, -0.25) is 14.9 Å². The van der Waals surface area contributed by atoms with Crippen LogP contribution in [0, 0.1) is 0 Å². The number of nitrogens with two attached hydrogens (primary N) is 1. The number of amides is 1. The Bertz CT molecular complexity index is 667. The Morgan fingerprint density at radius 3 is 2.32 bits per heavy atom. The minimum absolute atomic E-state index is 0.555. The van der Waals surface area contributed by atoms with Gasteiger partial charge in [0.15, 0.2) is 6.04 Å². The second-order valence-corrected chi connectivity index (χ2v) is 8.09. The van der Waals surface area contributed by atoms with Crippen LogP contribution in [0.3, 0.4) is 0 Å². The van der Waals surface area contributed by atoms with Crippen LogP contribution < -0.4 is 16.4 Å². The van der Waals surface area contributed by atoms with Crippen molar-refractivity contribution >= 4 is 29.6 Å². The summed E-state index contributed by atoms with van der Waals surface area (Å²) < 4.78 is -0.726. The van der Waals surface area contributed by atoms with Gasteiger partial charge in [-0.25, -0.2) is 4.79 Å². The third kappa shape index (κ3) is 4.30. The maximum absolute atomic E-state index is 12.3. The molecule has 136 valence electrons. The van der Waals surface area contributed by atoms with Crippen LogP contribution in [0.5, 0.6) is 0 Å². The number of thioether (sulfide) groups is 1. The highest BCUT2D eigenvalue weighted by Crippen LogP contribution is 2.39. The highest BCUT2D eigenvalue weighted by atomic mass is 32.2. The molecule has 1 aliphatic rings. The number of carboxylic acid groups (broad SMARTS) is 2. The highest BCUT2D eigenvalue weighted by Gasteiger charge is 2.49. The van der Waals surface area contributed by atoms with E-state index in [4.69, 9.17) is 5.73 Å². The summed E-state index contributed by atoms with van der Waals surface area (Å²) in [6.45, 7) is 3.42. The molecule has 1 amide bonds. The van der Waals surface area contributed by atoms with Gasteiger partial charge in [0.1, 0.15) is 12.1 Å².